The van der Waals surface area contributed by atoms with Crippen molar-refractivity contribution in [2.75, 3.05) is 6.61 Å². The van der Waals surface area contributed by atoms with Crippen molar-refractivity contribution in [2.24, 2.45) is 5.92 Å². The Morgan fingerprint density at radius 2 is 2.00 bits per heavy atom. The zero-order valence-corrected chi connectivity index (χ0v) is 9.48. The van der Waals surface area contributed by atoms with Gasteiger partial charge in [-0.05, 0) is 19.3 Å². The van der Waals surface area contributed by atoms with Gasteiger partial charge in [-0.3, -0.25) is 4.90 Å². The molecule has 1 aliphatic heterocycles. The second-order valence-corrected chi connectivity index (χ2v) is 3.60. The molecule has 0 fully saturated rings. The number of rotatable bonds is 4. The predicted molar refractivity (Wildman–Crippen MR) is 60.2 cm³/mol. The van der Waals surface area contributed by atoms with E-state index in [-0.39, 0.29) is 6.09 Å². The number of allylic oxidation sites excluding steroid dienone is 2. The zero-order valence-electron chi connectivity index (χ0n) is 9.48. The first-order chi connectivity index (χ1) is 7.27. The first-order valence-electron chi connectivity index (χ1n) is 5.59. The van der Waals surface area contributed by atoms with Gasteiger partial charge >= 0.3 is 6.09 Å². The van der Waals surface area contributed by atoms with E-state index >= 15 is 0 Å². The van der Waals surface area contributed by atoms with Crippen LogP contribution in [0.25, 0.3) is 0 Å². The van der Waals surface area contributed by atoms with Gasteiger partial charge < -0.3 is 4.74 Å². The van der Waals surface area contributed by atoms with Gasteiger partial charge in [0.1, 0.15) is 0 Å². The largest absolute Gasteiger partial charge is 0.449 e. The highest BCUT2D eigenvalue weighted by atomic mass is 16.5. The molecule has 0 saturated carbocycles. The molecule has 0 aromatic rings. The molecule has 15 heavy (non-hydrogen) atoms. The fourth-order valence-electron chi connectivity index (χ4n) is 1.47. The number of unbranched alkanes of at least 4 members (excludes halogenated alkanes) is 1. The fraction of sp³-hybridized carbons (Fsp3) is 0.583. The van der Waals surface area contributed by atoms with Gasteiger partial charge in [-0.25, -0.2) is 4.79 Å². The highest BCUT2D eigenvalue weighted by Gasteiger charge is 2.13. The molecule has 0 saturated heterocycles. The van der Waals surface area contributed by atoms with E-state index in [1.54, 1.807) is 19.3 Å². The lowest BCUT2D eigenvalue weighted by molar-refractivity contribution is 0.132. The van der Waals surface area contributed by atoms with Crippen LogP contribution < -0.4 is 0 Å². The Labute approximate surface area is 91.4 Å². The van der Waals surface area contributed by atoms with Crippen LogP contribution in [-0.2, 0) is 4.74 Å². The van der Waals surface area contributed by atoms with E-state index in [0.29, 0.717) is 12.5 Å². The van der Waals surface area contributed by atoms with Crippen LogP contribution in [0.3, 0.4) is 0 Å². The molecule has 0 radical (unpaired) electrons. The standard InChI is InChI=1S/C12H19NO2/c1-3-5-6-11-7-9-13(10-8-11)12(14)15-4-2/h7-11H,3-6H2,1-2H3. The van der Waals surface area contributed by atoms with Gasteiger partial charge in [-0.1, -0.05) is 31.9 Å². The van der Waals surface area contributed by atoms with E-state index in [0.717, 1.165) is 6.42 Å². The Morgan fingerprint density at radius 3 is 2.53 bits per heavy atom. The van der Waals surface area contributed by atoms with Crippen LogP contribution in [0, 0.1) is 5.92 Å². The highest BCUT2D eigenvalue weighted by molar-refractivity contribution is 5.70. The van der Waals surface area contributed by atoms with Crippen molar-refractivity contribution in [1.29, 1.82) is 0 Å². The SMILES string of the molecule is CCCCC1C=CN(C(=O)OCC)C=C1. The van der Waals surface area contributed by atoms with Crippen molar-refractivity contribution >= 4 is 6.09 Å². The number of ether oxygens (including phenoxy) is 1. The van der Waals surface area contributed by atoms with Gasteiger partial charge in [-0.15, -0.1) is 0 Å². The van der Waals surface area contributed by atoms with Gasteiger partial charge in [0, 0.05) is 12.4 Å². The molecule has 1 amide bonds. The molecular formula is C12H19NO2. The third kappa shape index (κ3) is 3.78. The molecule has 3 nitrogen and oxygen atoms in total. The summed E-state index contributed by atoms with van der Waals surface area (Å²) in [6, 6.07) is 0. The molecule has 0 aliphatic carbocycles. The second kappa shape index (κ2) is 6.27. The topological polar surface area (TPSA) is 29.5 Å². The third-order valence-electron chi connectivity index (χ3n) is 2.36. The molecule has 3 heteroatoms. The molecule has 0 aromatic heterocycles. The lowest BCUT2D eigenvalue weighted by Crippen LogP contribution is -2.23. The summed E-state index contributed by atoms with van der Waals surface area (Å²) in [6.07, 6.45) is 11.0. The number of carbonyl (C=O) groups excluding carboxylic acids is 1. The smallest absolute Gasteiger partial charge is 0.417 e. The Hall–Kier alpha value is -1.25. The van der Waals surface area contributed by atoms with Crippen LogP contribution in [0.4, 0.5) is 4.79 Å². The molecule has 1 heterocycles. The Balaban J connectivity index is 2.38. The molecule has 84 valence electrons. The molecule has 0 unspecified atom stereocenters. The molecule has 1 aliphatic rings. The van der Waals surface area contributed by atoms with E-state index in [1.807, 2.05) is 12.2 Å². The monoisotopic (exact) mass is 209 g/mol. The lowest BCUT2D eigenvalue weighted by atomic mass is 10.0. The van der Waals surface area contributed by atoms with Crippen molar-refractivity contribution in [3.63, 3.8) is 0 Å². The van der Waals surface area contributed by atoms with Crippen molar-refractivity contribution < 1.29 is 9.53 Å². The molecule has 0 bridgehead atoms. The number of hydrogen-bond acceptors (Lipinski definition) is 2. The van der Waals surface area contributed by atoms with Crippen LogP contribution in [-0.4, -0.2) is 17.6 Å². The average molecular weight is 209 g/mol. The minimum atomic E-state index is -0.307. The number of hydrogen-bond donors (Lipinski definition) is 0. The van der Waals surface area contributed by atoms with Gasteiger partial charge in [0.2, 0.25) is 0 Å². The van der Waals surface area contributed by atoms with Crippen LogP contribution in [0.15, 0.2) is 24.6 Å². The van der Waals surface area contributed by atoms with Gasteiger partial charge in [0.25, 0.3) is 0 Å². The average Bonchev–Trinajstić information content (AvgIpc) is 2.27. The van der Waals surface area contributed by atoms with Crippen LogP contribution in [0.2, 0.25) is 0 Å². The van der Waals surface area contributed by atoms with E-state index in [9.17, 15) is 4.79 Å². The summed E-state index contributed by atoms with van der Waals surface area (Å²) >= 11 is 0. The first kappa shape index (κ1) is 11.8. The maximum atomic E-state index is 11.3. The summed E-state index contributed by atoms with van der Waals surface area (Å²) in [4.78, 5) is 12.8. The fourth-order valence-corrected chi connectivity index (χ4v) is 1.47. The Bertz CT molecular complexity index is 244. The quantitative estimate of drug-likeness (QED) is 0.711. The summed E-state index contributed by atoms with van der Waals surface area (Å²) in [5.41, 5.74) is 0. The molecule has 0 spiro atoms. The predicted octanol–water partition coefficient (Wildman–Crippen LogP) is 3.29. The van der Waals surface area contributed by atoms with Crippen molar-refractivity contribution in [2.45, 2.75) is 33.1 Å². The van der Waals surface area contributed by atoms with Gasteiger partial charge in [0.05, 0.1) is 6.61 Å². The number of carbonyl (C=O) groups is 1. The number of nitrogens with zero attached hydrogens (tertiary/aromatic N) is 1. The van der Waals surface area contributed by atoms with Crippen molar-refractivity contribution in [3.05, 3.63) is 24.6 Å². The lowest BCUT2D eigenvalue weighted by Gasteiger charge is -2.19. The van der Waals surface area contributed by atoms with Crippen LogP contribution >= 0.6 is 0 Å². The molecule has 1 rings (SSSR count). The van der Waals surface area contributed by atoms with Crippen molar-refractivity contribution in [1.82, 2.24) is 4.90 Å². The summed E-state index contributed by atoms with van der Waals surface area (Å²) in [5.74, 6) is 0.468. The maximum Gasteiger partial charge on any atom is 0.417 e. The zero-order chi connectivity index (χ0) is 11.1. The minimum absolute atomic E-state index is 0.307. The molecule has 0 aromatic carbocycles. The summed E-state index contributed by atoms with van der Waals surface area (Å²) in [5, 5.41) is 0. The summed E-state index contributed by atoms with van der Waals surface area (Å²) in [6.45, 7) is 4.40. The summed E-state index contributed by atoms with van der Waals surface area (Å²) in [7, 11) is 0. The molecule has 0 atom stereocenters. The Kier molecular flexibility index (Phi) is 4.95. The first-order valence-corrected chi connectivity index (χ1v) is 5.59. The van der Waals surface area contributed by atoms with Crippen LogP contribution in [0.1, 0.15) is 33.1 Å². The summed E-state index contributed by atoms with van der Waals surface area (Å²) < 4.78 is 4.88. The van der Waals surface area contributed by atoms with Crippen LogP contribution in [0.5, 0.6) is 0 Å². The molecular weight excluding hydrogens is 190 g/mol. The van der Waals surface area contributed by atoms with E-state index < -0.39 is 0 Å². The second-order valence-electron chi connectivity index (χ2n) is 3.60. The van der Waals surface area contributed by atoms with Crippen molar-refractivity contribution in [3.8, 4) is 0 Å². The van der Waals surface area contributed by atoms with E-state index in [1.165, 1.54) is 17.7 Å². The minimum Gasteiger partial charge on any atom is -0.449 e. The normalized spacial score (nSPS) is 15.7. The van der Waals surface area contributed by atoms with E-state index in [2.05, 4.69) is 6.92 Å². The van der Waals surface area contributed by atoms with E-state index in [4.69, 9.17) is 4.74 Å². The third-order valence-corrected chi connectivity index (χ3v) is 2.36. The van der Waals surface area contributed by atoms with Gasteiger partial charge in [-0.2, -0.15) is 0 Å². The maximum absolute atomic E-state index is 11.3. The Morgan fingerprint density at radius 1 is 1.33 bits per heavy atom. The van der Waals surface area contributed by atoms with Gasteiger partial charge in [0.15, 0.2) is 0 Å². The highest BCUT2D eigenvalue weighted by Crippen LogP contribution is 2.17. The molecule has 0 N–H and O–H groups in total. The number of amides is 1.